The number of nitrogens with zero attached hydrogens (tertiary/aromatic N) is 4. The predicted molar refractivity (Wildman–Crippen MR) is 85.9 cm³/mol. The van der Waals surface area contributed by atoms with Crippen molar-refractivity contribution in [1.29, 1.82) is 0 Å². The van der Waals surface area contributed by atoms with Crippen LogP contribution in [0.1, 0.15) is 35.5 Å². The van der Waals surface area contributed by atoms with Gasteiger partial charge in [0.2, 0.25) is 0 Å². The second kappa shape index (κ2) is 5.01. The number of halogens is 1. The molecule has 1 aromatic carbocycles. The lowest BCUT2D eigenvalue weighted by molar-refractivity contribution is 0.0525. The number of rotatable bonds is 2. The molecule has 5 nitrogen and oxygen atoms in total. The normalized spacial score (nSPS) is 24.5. The van der Waals surface area contributed by atoms with Crippen LogP contribution in [-0.4, -0.2) is 24.4 Å². The van der Waals surface area contributed by atoms with Crippen molar-refractivity contribution in [3.8, 4) is 11.3 Å². The first-order valence-electron chi connectivity index (χ1n) is 8.19. The van der Waals surface area contributed by atoms with E-state index in [4.69, 9.17) is 0 Å². The van der Waals surface area contributed by atoms with Gasteiger partial charge in [0.1, 0.15) is 12.8 Å². The number of benzene rings is 1. The quantitative estimate of drug-likeness (QED) is 0.788. The number of imidazole rings is 1. The minimum Gasteiger partial charge on any atom is -0.386 e. The molecule has 4 heterocycles. The average molecular weight is 324 g/mol. The molecule has 1 unspecified atom stereocenters. The van der Waals surface area contributed by atoms with Gasteiger partial charge in [-0.25, -0.2) is 9.37 Å². The first-order valence-corrected chi connectivity index (χ1v) is 8.19. The summed E-state index contributed by atoms with van der Waals surface area (Å²) in [5.74, 6) is 0.0123. The van der Waals surface area contributed by atoms with Gasteiger partial charge in [-0.2, -0.15) is 5.10 Å². The van der Waals surface area contributed by atoms with Crippen LogP contribution in [0, 0.1) is 5.92 Å². The van der Waals surface area contributed by atoms with Crippen LogP contribution in [0.5, 0.6) is 0 Å². The molecule has 24 heavy (non-hydrogen) atoms. The lowest BCUT2D eigenvalue weighted by Gasteiger charge is -2.34. The van der Waals surface area contributed by atoms with E-state index in [0.717, 1.165) is 12.1 Å². The molecular formula is C18H17FN4O. The standard InChI is InChI=1S/C18H17FN4O/c19-8-11-7-15-18(24)14(5-6-23(15)21-11)17-13-4-2-1-3-12(13)16-9-20-10-22(16)17/h1-4,7,9-10,14,17-18,24H,5-6,8H2/t14-,17?,18-/m0/s1. The summed E-state index contributed by atoms with van der Waals surface area (Å²) in [4.78, 5) is 4.29. The highest BCUT2D eigenvalue weighted by molar-refractivity contribution is 5.69. The Morgan fingerprint density at radius 3 is 3.04 bits per heavy atom. The van der Waals surface area contributed by atoms with Crippen LogP contribution >= 0.6 is 0 Å². The molecule has 0 saturated heterocycles. The molecule has 3 atom stereocenters. The van der Waals surface area contributed by atoms with E-state index < -0.39 is 12.8 Å². The lowest BCUT2D eigenvalue weighted by Crippen LogP contribution is -2.31. The van der Waals surface area contributed by atoms with Crippen molar-refractivity contribution in [3.05, 3.63) is 59.8 Å². The maximum absolute atomic E-state index is 12.9. The molecule has 0 amide bonds. The van der Waals surface area contributed by atoms with E-state index in [2.05, 4.69) is 26.8 Å². The fourth-order valence-electron chi connectivity index (χ4n) is 4.26. The summed E-state index contributed by atoms with van der Waals surface area (Å²) in [5.41, 5.74) is 4.59. The summed E-state index contributed by atoms with van der Waals surface area (Å²) in [6, 6.07) is 10.0. The second-order valence-electron chi connectivity index (χ2n) is 6.53. The highest BCUT2D eigenvalue weighted by atomic mass is 19.1. The third kappa shape index (κ3) is 1.77. The van der Waals surface area contributed by atoms with Crippen molar-refractivity contribution in [2.75, 3.05) is 0 Å². The van der Waals surface area contributed by atoms with Crippen LogP contribution in [0.4, 0.5) is 4.39 Å². The monoisotopic (exact) mass is 324 g/mol. The molecule has 6 heteroatoms. The third-order valence-electron chi connectivity index (χ3n) is 5.31. The zero-order valence-corrected chi connectivity index (χ0v) is 13.0. The molecule has 2 aromatic heterocycles. The second-order valence-corrected chi connectivity index (χ2v) is 6.53. The van der Waals surface area contributed by atoms with E-state index in [1.54, 1.807) is 10.7 Å². The lowest BCUT2D eigenvalue weighted by atomic mass is 9.83. The minimum absolute atomic E-state index is 0.0123. The molecule has 1 N–H and O–H groups in total. The Hall–Kier alpha value is -2.47. The Bertz CT molecular complexity index is 915. The van der Waals surface area contributed by atoms with Crippen LogP contribution in [0.2, 0.25) is 0 Å². The van der Waals surface area contributed by atoms with Gasteiger partial charge in [0.15, 0.2) is 0 Å². The van der Waals surface area contributed by atoms with E-state index in [-0.39, 0.29) is 12.0 Å². The molecule has 122 valence electrons. The first-order chi connectivity index (χ1) is 11.8. The van der Waals surface area contributed by atoms with Gasteiger partial charge >= 0.3 is 0 Å². The van der Waals surface area contributed by atoms with Crippen molar-refractivity contribution < 1.29 is 9.50 Å². The number of alkyl halides is 1. The maximum atomic E-state index is 12.9. The molecule has 3 aromatic rings. The number of aliphatic hydroxyl groups excluding tert-OH is 1. The SMILES string of the molecule is O[C@@H]1c2cc(CF)nn2CC[C@H]1C1c2ccccc2-c2cncn21. The van der Waals surface area contributed by atoms with E-state index in [1.165, 1.54) is 11.1 Å². The average Bonchev–Trinajstić information content (AvgIpc) is 3.29. The van der Waals surface area contributed by atoms with E-state index in [1.807, 2.05) is 24.7 Å². The Kier molecular flexibility index (Phi) is 2.91. The summed E-state index contributed by atoms with van der Waals surface area (Å²) in [5, 5.41) is 15.2. The van der Waals surface area contributed by atoms with Crippen molar-refractivity contribution in [3.63, 3.8) is 0 Å². The zero-order valence-electron chi connectivity index (χ0n) is 13.0. The molecule has 2 aliphatic heterocycles. The van der Waals surface area contributed by atoms with Crippen molar-refractivity contribution in [1.82, 2.24) is 19.3 Å². The highest BCUT2D eigenvalue weighted by Crippen LogP contribution is 2.48. The third-order valence-corrected chi connectivity index (χ3v) is 5.31. The molecule has 0 spiro atoms. The number of aryl methyl sites for hydroxylation is 1. The van der Waals surface area contributed by atoms with Gasteiger partial charge in [0.05, 0.1) is 35.6 Å². The minimum atomic E-state index is -0.669. The fraction of sp³-hybridized carbons (Fsp3) is 0.333. The highest BCUT2D eigenvalue weighted by Gasteiger charge is 2.41. The molecule has 0 aliphatic carbocycles. The van der Waals surface area contributed by atoms with E-state index in [0.29, 0.717) is 17.9 Å². The van der Waals surface area contributed by atoms with E-state index >= 15 is 0 Å². The smallest absolute Gasteiger partial charge is 0.133 e. The first kappa shape index (κ1) is 13.9. The Morgan fingerprint density at radius 2 is 2.17 bits per heavy atom. The number of aliphatic hydroxyl groups is 1. The predicted octanol–water partition coefficient (Wildman–Crippen LogP) is 2.87. The molecule has 2 aliphatic rings. The Morgan fingerprint density at radius 1 is 1.29 bits per heavy atom. The topological polar surface area (TPSA) is 55.9 Å². The van der Waals surface area contributed by atoms with Gasteiger partial charge < -0.3 is 9.67 Å². The summed E-state index contributed by atoms with van der Waals surface area (Å²) in [6.07, 6.45) is 3.83. The summed E-state index contributed by atoms with van der Waals surface area (Å²) < 4.78 is 16.8. The van der Waals surface area contributed by atoms with Gasteiger partial charge in [0.25, 0.3) is 0 Å². The largest absolute Gasteiger partial charge is 0.386 e. The number of aromatic nitrogens is 4. The number of hydrogen-bond acceptors (Lipinski definition) is 3. The number of fused-ring (bicyclic) bond motifs is 4. The maximum Gasteiger partial charge on any atom is 0.133 e. The summed E-state index contributed by atoms with van der Waals surface area (Å²) >= 11 is 0. The van der Waals surface area contributed by atoms with E-state index in [9.17, 15) is 9.50 Å². The van der Waals surface area contributed by atoms with Crippen molar-refractivity contribution in [2.24, 2.45) is 5.92 Å². The molecule has 0 saturated carbocycles. The zero-order chi connectivity index (χ0) is 16.3. The van der Waals surface area contributed by atoms with Crippen LogP contribution in [0.15, 0.2) is 42.9 Å². The summed E-state index contributed by atoms with van der Waals surface area (Å²) in [7, 11) is 0. The van der Waals surface area contributed by atoms with Gasteiger partial charge in [-0.1, -0.05) is 24.3 Å². The number of hydrogen-bond donors (Lipinski definition) is 1. The van der Waals surface area contributed by atoms with Gasteiger partial charge in [-0.15, -0.1) is 0 Å². The van der Waals surface area contributed by atoms with Crippen LogP contribution in [0.25, 0.3) is 11.3 Å². The fourth-order valence-corrected chi connectivity index (χ4v) is 4.26. The van der Waals surface area contributed by atoms with Crippen molar-refractivity contribution >= 4 is 0 Å². The Labute approximate surface area is 138 Å². The van der Waals surface area contributed by atoms with Crippen molar-refractivity contribution in [2.45, 2.75) is 31.8 Å². The van der Waals surface area contributed by atoms with Crippen LogP contribution in [-0.2, 0) is 13.2 Å². The molecule has 0 radical (unpaired) electrons. The molecule has 5 rings (SSSR count). The van der Waals surface area contributed by atoms with Crippen LogP contribution < -0.4 is 0 Å². The Balaban J connectivity index is 1.60. The summed E-state index contributed by atoms with van der Waals surface area (Å²) in [6.45, 7) is 0.0923. The van der Waals surface area contributed by atoms with Crippen LogP contribution in [0.3, 0.4) is 0 Å². The molecule has 0 bridgehead atoms. The molecular weight excluding hydrogens is 307 g/mol. The van der Waals surface area contributed by atoms with Gasteiger partial charge in [0, 0.05) is 18.0 Å². The van der Waals surface area contributed by atoms with Gasteiger partial charge in [-0.3, -0.25) is 4.68 Å². The van der Waals surface area contributed by atoms with Gasteiger partial charge in [-0.05, 0) is 18.1 Å². The molecule has 0 fully saturated rings.